The molecule has 2 rings (SSSR count). The number of aryl methyl sites for hydroxylation is 3. The van der Waals surface area contributed by atoms with Gasteiger partial charge in [-0.2, -0.15) is 0 Å². The quantitative estimate of drug-likeness (QED) is 0.814. The van der Waals surface area contributed by atoms with E-state index in [4.69, 9.17) is 0 Å². The lowest BCUT2D eigenvalue weighted by Crippen LogP contribution is -2.41. The third kappa shape index (κ3) is 5.58. The smallest absolute Gasteiger partial charge is 0.243 e. The summed E-state index contributed by atoms with van der Waals surface area (Å²) in [6.45, 7) is 8.98. The standard InChI is InChI=1S/C22H29N3O2/c1-6-25(19-10-8-7-9-11-19)15-21(27)24(5)14-20(26)23-22-17(3)12-16(2)13-18(22)4/h7-13H,6,14-15H2,1-5H3,(H,23,26). The van der Waals surface area contributed by atoms with E-state index >= 15 is 0 Å². The Morgan fingerprint density at radius 2 is 1.56 bits per heavy atom. The zero-order valence-electron chi connectivity index (χ0n) is 16.9. The molecule has 5 heteroatoms. The molecule has 0 fully saturated rings. The van der Waals surface area contributed by atoms with Crippen LogP contribution in [-0.4, -0.2) is 43.4 Å². The first-order valence-electron chi connectivity index (χ1n) is 9.23. The van der Waals surface area contributed by atoms with Crippen molar-refractivity contribution in [3.05, 3.63) is 59.2 Å². The van der Waals surface area contributed by atoms with Crippen molar-refractivity contribution >= 4 is 23.2 Å². The van der Waals surface area contributed by atoms with Crippen molar-refractivity contribution in [1.29, 1.82) is 0 Å². The average Bonchev–Trinajstić information content (AvgIpc) is 2.63. The Morgan fingerprint density at radius 1 is 0.963 bits per heavy atom. The second kappa shape index (κ2) is 9.21. The van der Waals surface area contributed by atoms with Crippen LogP contribution >= 0.6 is 0 Å². The van der Waals surface area contributed by atoms with E-state index in [1.165, 1.54) is 4.90 Å². The molecule has 1 N–H and O–H groups in total. The SMILES string of the molecule is CCN(CC(=O)N(C)CC(=O)Nc1c(C)cc(C)cc1C)c1ccccc1. The van der Waals surface area contributed by atoms with Crippen molar-refractivity contribution in [2.75, 3.05) is 36.9 Å². The zero-order valence-corrected chi connectivity index (χ0v) is 16.9. The summed E-state index contributed by atoms with van der Waals surface area (Å²) in [5.74, 6) is -0.281. The lowest BCUT2D eigenvalue weighted by atomic mass is 10.1. The number of hydrogen-bond donors (Lipinski definition) is 1. The number of rotatable bonds is 7. The Labute approximate surface area is 162 Å². The first-order valence-corrected chi connectivity index (χ1v) is 9.23. The maximum atomic E-state index is 12.6. The lowest BCUT2D eigenvalue weighted by Gasteiger charge is -2.25. The summed E-state index contributed by atoms with van der Waals surface area (Å²) in [5, 5.41) is 2.94. The fourth-order valence-electron chi connectivity index (χ4n) is 3.17. The van der Waals surface area contributed by atoms with Gasteiger partial charge in [0, 0.05) is 25.0 Å². The minimum Gasteiger partial charge on any atom is -0.362 e. The van der Waals surface area contributed by atoms with Crippen LogP contribution in [0.1, 0.15) is 23.6 Å². The van der Waals surface area contributed by atoms with Gasteiger partial charge in [0.05, 0.1) is 13.1 Å². The molecule has 0 unspecified atom stereocenters. The highest BCUT2D eigenvalue weighted by Gasteiger charge is 2.17. The van der Waals surface area contributed by atoms with Crippen LogP contribution in [0.25, 0.3) is 0 Å². The molecule has 0 radical (unpaired) electrons. The van der Waals surface area contributed by atoms with Gasteiger partial charge in [-0.25, -0.2) is 0 Å². The molecule has 0 atom stereocenters. The molecule has 0 bridgehead atoms. The summed E-state index contributed by atoms with van der Waals surface area (Å²) in [4.78, 5) is 28.4. The monoisotopic (exact) mass is 367 g/mol. The highest BCUT2D eigenvalue weighted by Crippen LogP contribution is 2.21. The Hall–Kier alpha value is -2.82. The number of para-hydroxylation sites is 1. The molecule has 0 aromatic heterocycles. The van der Waals surface area contributed by atoms with Gasteiger partial charge < -0.3 is 15.1 Å². The van der Waals surface area contributed by atoms with Crippen molar-refractivity contribution in [3.8, 4) is 0 Å². The van der Waals surface area contributed by atoms with Crippen LogP contribution < -0.4 is 10.2 Å². The molecule has 2 aromatic carbocycles. The minimum absolute atomic E-state index is 0.0257. The third-order valence-corrected chi connectivity index (χ3v) is 4.58. The molecule has 0 heterocycles. The molecule has 5 nitrogen and oxygen atoms in total. The number of carbonyl (C=O) groups excluding carboxylic acids is 2. The predicted octanol–water partition coefficient (Wildman–Crippen LogP) is 3.54. The van der Waals surface area contributed by atoms with Crippen LogP contribution in [0.3, 0.4) is 0 Å². The van der Waals surface area contributed by atoms with Gasteiger partial charge in [0.1, 0.15) is 0 Å². The van der Waals surface area contributed by atoms with E-state index in [1.807, 2.05) is 75.1 Å². The maximum Gasteiger partial charge on any atom is 0.243 e. The van der Waals surface area contributed by atoms with Gasteiger partial charge in [0.25, 0.3) is 0 Å². The highest BCUT2D eigenvalue weighted by atomic mass is 16.2. The van der Waals surface area contributed by atoms with Crippen LogP contribution in [0.2, 0.25) is 0 Å². The Balaban J connectivity index is 1.96. The molecule has 0 aliphatic heterocycles. The normalized spacial score (nSPS) is 10.4. The number of likely N-dealkylation sites (N-methyl/N-ethyl adjacent to an activating group) is 2. The van der Waals surface area contributed by atoms with Crippen molar-refractivity contribution in [3.63, 3.8) is 0 Å². The summed E-state index contributed by atoms with van der Waals surface area (Å²) >= 11 is 0. The molecule has 0 aliphatic carbocycles. The van der Waals surface area contributed by atoms with Crippen LogP contribution in [0.4, 0.5) is 11.4 Å². The fourth-order valence-corrected chi connectivity index (χ4v) is 3.17. The van der Waals surface area contributed by atoms with Crippen LogP contribution in [0, 0.1) is 20.8 Å². The number of amides is 2. The summed E-state index contributed by atoms with van der Waals surface area (Å²) in [5.41, 5.74) is 5.03. The molecule has 0 aliphatic rings. The summed E-state index contributed by atoms with van der Waals surface area (Å²) in [7, 11) is 1.66. The third-order valence-electron chi connectivity index (χ3n) is 4.58. The number of hydrogen-bond acceptors (Lipinski definition) is 3. The van der Waals surface area contributed by atoms with Crippen molar-refractivity contribution in [1.82, 2.24) is 4.90 Å². The number of benzene rings is 2. The summed E-state index contributed by atoms with van der Waals surface area (Å²) in [6, 6.07) is 13.9. The molecular weight excluding hydrogens is 338 g/mol. The Kier molecular flexibility index (Phi) is 6.99. The summed E-state index contributed by atoms with van der Waals surface area (Å²) in [6.07, 6.45) is 0. The molecular formula is C22H29N3O2. The maximum absolute atomic E-state index is 12.6. The van der Waals surface area contributed by atoms with Gasteiger partial charge in [-0.3, -0.25) is 9.59 Å². The van der Waals surface area contributed by atoms with Crippen LogP contribution in [-0.2, 0) is 9.59 Å². The number of nitrogens with zero attached hydrogens (tertiary/aromatic N) is 2. The zero-order chi connectivity index (χ0) is 20.0. The lowest BCUT2D eigenvalue weighted by molar-refractivity contribution is -0.132. The summed E-state index contributed by atoms with van der Waals surface area (Å²) < 4.78 is 0. The molecule has 0 spiro atoms. The largest absolute Gasteiger partial charge is 0.362 e. The van der Waals surface area contributed by atoms with E-state index in [-0.39, 0.29) is 24.9 Å². The predicted molar refractivity (Wildman–Crippen MR) is 111 cm³/mol. The molecule has 0 saturated carbocycles. The first kappa shape index (κ1) is 20.5. The topological polar surface area (TPSA) is 52.7 Å². The Bertz CT molecular complexity index is 779. The molecule has 2 amide bonds. The molecule has 0 saturated heterocycles. The molecule has 2 aromatic rings. The van der Waals surface area contributed by atoms with E-state index in [9.17, 15) is 9.59 Å². The van der Waals surface area contributed by atoms with Gasteiger partial charge in [0.2, 0.25) is 11.8 Å². The van der Waals surface area contributed by atoms with E-state index in [1.54, 1.807) is 7.05 Å². The Morgan fingerprint density at radius 3 is 2.11 bits per heavy atom. The van der Waals surface area contributed by atoms with E-state index in [0.717, 1.165) is 34.6 Å². The van der Waals surface area contributed by atoms with E-state index in [0.29, 0.717) is 0 Å². The number of anilines is 2. The van der Waals surface area contributed by atoms with Gasteiger partial charge in [-0.1, -0.05) is 35.9 Å². The van der Waals surface area contributed by atoms with Crippen molar-refractivity contribution in [2.45, 2.75) is 27.7 Å². The first-order chi connectivity index (χ1) is 12.8. The van der Waals surface area contributed by atoms with Gasteiger partial charge in [-0.05, 0) is 51.0 Å². The number of carbonyl (C=O) groups is 2. The van der Waals surface area contributed by atoms with Gasteiger partial charge >= 0.3 is 0 Å². The van der Waals surface area contributed by atoms with Crippen molar-refractivity contribution < 1.29 is 9.59 Å². The highest BCUT2D eigenvalue weighted by molar-refractivity contribution is 5.96. The van der Waals surface area contributed by atoms with Crippen molar-refractivity contribution in [2.24, 2.45) is 0 Å². The molecule has 27 heavy (non-hydrogen) atoms. The number of nitrogens with one attached hydrogen (secondary N) is 1. The second-order valence-electron chi connectivity index (χ2n) is 6.92. The second-order valence-corrected chi connectivity index (χ2v) is 6.92. The average molecular weight is 367 g/mol. The van der Waals surface area contributed by atoms with E-state index in [2.05, 4.69) is 5.32 Å². The van der Waals surface area contributed by atoms with Gasteiger partial charge in [0.15, 0.2) is 0 Å². The van der Waals surface area contributed by atoms with Crippen LogP contribution in [0.15, 0.2) is 42.5 Å². The van der Waals surface area contributed by atoms with Crippen LogP contribution in [0.5, 0.6) is 0 Å². The fraction of sp³-hybridized carbons (Fsp3) is 0.364. The van der Waals surface area contributed by atoms with Gasteiger partial charge in [-0.15, -0.1) is 0 Å². The van der Waals surface area contributed by atoms with E-state index < -0.39 is 0 Å². The minimum atomic E-state index is -0.191. The molecule has 144 valence electrons.